The number of carbonyl (C=O) groups excluding carboxylic acids is 2. The van der Waals surface area contributed by atoms with Crippen LogP contribution in [0.2, 0.25) is 0 Å². The second-order valence-corrected chi connectivity index (χ2v) is 12.4. The van der Waals surface area contributed by atoms with Crippen LogP contribution in [-0.4, -0.2) is 29.1 Å². The van der Waals surface area contributed by atoms with Crippen LogP contribution in [0.3, 0.4) is 0 Å². The third kappa shape index (κ3) is 15.3. The van der Waals surface area contributed by atoms with Crippen molar-refractivity contribution in [2.24, 2.45) is 0 Å². The summed E-state index contributed by atoms with van der Waals surface area (Å²) in [4.78, 5) is 27.3. The molecule has 2 aromatic carbocycles. The van der Waals surface area contributed by atoms with Gasteiger partial charge in [0.1, 0.15) is 5.75 Å². The van der Waals surface area contributed by atoms with Crippen molar-refractivity contribution in [3.63, 3.8) is 0 Å². The number of thioether (sulfide) groups is 1. The fourth-order valence-corrected chi connectivity index (χ4v) is 6.01. The van der Waals surface area contributed by atoms with Crippen LogP contribution in [0.15, 0.2) is 54.1 Å². The monoisotopic (exact) mass is 672 g/mol. The molecule has 0 radical (unpaired) electrons. The number of benzene rings is 2. The van der Waals surface area contributed by atoms with Gasteiger partial charge < -0.3 is 15.0 Å². The number of rotatable bonds is 22. The number of halogens is 1. The number of hydrogen-bond donors (Lipinski definition) is 1. The highest BCUT2D eigenvalue weighted by atomic mass is 79.9. The molecule has 1 aliphatic rings. The zero-order valence-corrected chi connectivity index (χ0v) is 28.9. The van der Waals surface area contributed by atoms with Crippen LogP contribution >= 0.6 is 28.7 Å². The van der Waals surface area contributed by atoms with Crippen molar-refractivity contribution in [1.82, 2.24) is 4.90 Å². The maximum absolute atomic E-state index is 12.7. The van der Waals surface area contributed by atoms with E-state index in [1.807, 2.05) is 36.4 Å². The minimum absolute atomic E-state index is 0. The van der Waals surface area contributed by atoms with E-state index in [0.29, 0.717) is 17.9 Å². The molecule has 0 aromatic heterocycles. The number of nitrogens with zero attached hydrogens (tertiary/aromatic N) is 1. The van der Waals surface area contributed by atoms with Gasteiger partial charge >= 0.3 is 0 Å². The predicted octanol–water partition coefficient (Wildman–Crippen LogP) is 10.5. The molecule has 0 fully saturated rings. The van der Waals surface area contributed by atoms with Crippen LogP contribution in [-0.2, 0) is 17.8 Å². The average molecular weight is 674 g/mol. The van der Waals surface area contributed by atoms with E-state index in [1.165, 1.54) is 82.6 Å². The standard InChI is InChI=1S/C36H52N2O3S.BrH/c1-3-4-5-6-7-8-9-10-11-12-13-14-15-16-24-41-35-22-19-32(26-34(35)30(2)39)27-36(40)37-33-20-17-31(18-21-33)28-38-23-25-42-29-38;/h17-23,25-26H,3-16,24,27-29H2,1-2H3,(H,37,40);1H. The summed E-state index contributed by atoms with van der Waals surface area (Å²) in [5.74, 6) is 1.44. The van der Waals surface area contributed by atoms with E-state index in [1.54, 1.807) is 24.8 Å². The van der Waals surface area contributed by atoms with Gasteiger partial charge in [-0.25, -0.2) is 0 Å². The Morgan fingerprint density at radius 3 is 1.95 bits per heavy atom. The van der Waals surface area contributed by atoms with Gasteiger partial charge in [-0.3, -0.25) is 9.59 Å². The highest BCUT2D eigenvalue weighted by Gasteiger charge is 2.13. The third-order valence-corrected chi connectivity index (χ3v) is 8.57. The van der Waals surface area contributed by atoms with E-state index >= 15 is 0 Å². The molecule has 0 saturated carbocycles. The fraction of sp³-hybridized carbons (Fsp3) is 0.556. The van der Waals surface area contributed by atoms with Gasteiger partial charge in [-0.15, -0.1) is 28.7 Å². The summed E-state index contributed by atoms with van der Waals surface area (Å²) in [6.45, 7) is 5.30. The van der Waals surface area contributed by atoms with Crippen LogP contribution < -0.4 is 10.1 Å². The number of Topliss-reactive ketones (excluding diaryl/α,β-unsaturated/α-hetero) is 1. The Bertz CT molecular complexity index is 1110. The van der Waals surface area contributed by atoms with E-state index in [0.717, 1.165) is 36.5 Å². The van der Waals surface area contributed by atoms with Crippen molar-refractivity contribution >= 4 is 46.1 Å². The highest BCUT2D eigenvalue weighted by Crippen LogP contribution is 2.23. The number of anilines is 1. The minimum atomic E-state index is -0.104. The maximum atomic E-state index is 12.7. The molecule has 0 aliphatic carbocycles. The third-order valence-electron chi connectivity index (χ3n) is 7.78. The summed E-state index contributed by atoms with van der Waals surface area (Å²) in [6.07, 6.45) is 20.8. The lowest BCUT2D eigenvalue weighted by Crippen LogP contribution is -2.15. The van der Waals surface area contributed by atoms with E-state index in [9.17, 15) is 9.59 Å². The summed E-state index contributed by atoms with van der Waals surface area (Å²) in [7, 11) is 0. The molecular weight excluding hydrogens is 620 g/mol. The fourth-order valence-electron chi connectivity index (χ4n) is 5.29. The zero-order chi connectivity index (χ0) is 29.8. The van der Waals surface area contributed by atoms with E-state index < -0.39 is 0 Å². The molecule has 7 heteroatoms. The Morgan fingerprint density at radius 1 is 0.814 bits per heavy atom. The first-order valence-electron chi connectivity index (χ1n) is 16.2. The second-order valence-electron chi connectivity index (χ2n) is 11.6. The summed E-state index contributed by atoms with van der Waals surface area (Å²) < 4.78 is 5.99. The molecule has 2 aromatic rings. The first-order chi connectivity index (χ1) is 20.5. The van der Waals surface area contributed by atoms with Crippen LogP contribution in [0.1, 0.15) is 125 Å². The van der Waals surface area contributed by atoms with Gasteiger partial charge in [0.2, 0.25) is 5.91 Å². The number of amides is 1. The van der Waals surface area contributed by atoms with Crippen molar-refractivity contribution < 1.29 is 14.3 Å². The normalized spacial score (nSPS) is 12.3. The van der Waals surface area contributed by atoms with Crippen LogP contribution in [0.25, 0.3) is 0 Å². The largest absolute Gasteiger partial charge is 0.493 e. The van der Waals surface area contributed by atoms with Gasteiger partial charge in [0.25, 0.3) is 0 Å². The Labute approximate surface area is 275 Å². The first-order valence-corrected chi connectivity index (χ1v) is 17.3. The molecule has 0 unspecified atom stereocenters. The first kappa shape index (κ1) is 36.9. The van der Waals surface area contributed by atoms with E-state index in [-0.39, 0.29) is 35.1 Å². The summed E-state index contributed by atoms with van der Waals surface area (Å²) in [5, 5.41) is 5.07. The van der Waals surface area contributed by atoms with E-state index in [4.69, 9.17) is 4.74 Å². The number of hydrogen-bond acceptors (Lipinski definition) is 5. The lowest BCUT2D eigenvalue weighted by Gasteiger charge is -2.15. The number of nitrogens with one attached hydrogen (secondary N) is 1. The van der Waals surface area contributed by atoms with Gasteiger partial charge in [0.15, 0.2) is 5.78 Å². The summed E-state index contributed by atoms with van der Waals surface area (Å²) >= 11 is 1.79. The summed E-state index contributed by atoms with van der Waals surface area (Å²) in [6, 6.07) is 13.5. The molecular formula is C36H53BrN2O3S. The quantitative estimate of drug-likeness (QED) is 0.0996. The molecule has 3 rings (SSSR count). The SMILES string of the molecule is Br.CCCCCCCCCCCCCCCCOc1ccc(CC(=O)Nc2ccc(CN3C=CSC3)cc2)cc1C(C)=O. The molecule has 1 aliphatic heterocycles. The minimum Gasteiger partial charge on any atom is -0.493 e. The average Bonchev–Trinajstić information content (AvgIpc) is 3.49. The van der Waals surface area contributed by atoms with Crippen molar-refractivity contribution in [2.45, 2.75) is 117 Å². The van der Waals surface area contributed by atoms with Crippen molar-refractivity contribution in [2.75, 3.05) is 17.8 Å². The Balaban J connectivity index is 0.00000645. The zero-order valence-electron chi connectivity index (χ0n) is 26.4. The van der Waals surface area contributed by atoms with Crippen molar-refractivity contribution in [3.8, 4) is 5.75 Å². The molecule has 0 bridgehead atoms. The number of unbranched alkanes of at least 4 members (excludes halogenated alkanes) is 13. The number of carbonyl (C=O) groups is 2. The van der Waals surface area contributed by atoms with Gasteiger partial charge in [-0.2, -0.15) is 0 Å². The van der Waals surface area contributed by atoms with Crippen molar-refractivity contribution in [3.05, 3.63) is 70.8 Å². The molecule has 1 amide bonds. The topological polar surface area (TPSA) is 58.6 Å². The van der Waals surface area contributed by atoms with Crippen LogP contribution in [0.5, 0.6) is 5.75 Å². The Hall–Kier alpha value is -2.25. The molecule has 5 nitrogen and oxygen atoms in total. The molecule has 1 heterocycles. The second kappa shape index (κ2) is 22.3. The van der Waals surface area contributed by atoms with E-state index in [2.05, 4.69) is 28.7 Å². The molecule has 0 saturated heterocycles. The molecule has 238 valence electrons. The lowest BCUT2D eigenvalue weighted by atomic mass is 10.0. The van der Waals surface area contributed by atoms with Gasteiger partial charge in [0, 0.05) is 18.4 Å². The van der Waals surface area contributed by atoms with Crippen LogP contribution in [0, 0.1) is 0 Å². The number of ketones is 1. The van der Waals surface area contributed by atoms with Gasteiger partial charge in [-0.05, 0) is 54.1 Å². The van der Waals surface area contributed by atoms with Crippen LogP contribution in [0.4, 0.5) is 5.69 Å². The Morgan fingerprint density at radius 2 is 1.40 bits per heavy atom. The molecule has 0 spiro atoms. The van der Waals surface area contributed by atoms with Gasteiger partial charge in [-0.1, -0.05) is 109 Å². The molecule has 1 N–H and O–H groups in total. The lowest BCUT2D eigenvalue weighted by molar-refractivity contribution is -0.115. The van der Waals surface area contributed by atoms with Crippen molar-refractivity contribution in [1.29, 1.82) is 0 Å². The molecule has 0 atom stereocenters. The Kier molecular flexibility index (Phi) is 19.1. The highest BCUT2D eigenvalue weighted by molar-refractivity contribution is 8.93. The smallest absolute Gasteiger partial charge is 0.228 e. The predicted molar refractivity (Wildman–Crippen MR) is 188 cm³/mol. The maximum Gasteiger partial charge on any atom is 0.228 e. The molecule has 43 heavy (non-hydrogen) atoms. The summed E-state index contributed by atoms with van der Waals surface area (Å²) in [5.41, 5.74) is 3.33. The number of ether oxygens (including phenoxy) is 1. The van der Waals surface area contributed by atoms with Gasteiger partial charge in [0.05, 0.1) is 24.5 Å².